The predicted octanol–water partition coefficient (Wildman–Crippen LogP) is 6.20. The molecule has 0 bridgehead atoms. The highest BCUT2D eigenvalue weighted by Crippen LogP contribution is 2.28. The Labute approximate surface area is 229 Å². The zero-order valence-corrected chi connectivity index (χ0v) is 21.9. The molecule has 0 unspecified atom stereocenters. The second-order valence-electron chi connectivity index (χ2n) is 9.03. The summed E-state index contributed by atoms with van der Waals surface area (Å²) in [5.74, 6) is -2.14. The number of carbonyl (C=O) groups is 3. The van der Waals surface area contributed by atoms with Crippen molar-refractivity contribution < 1.29 is 42.1 Å². The maximum absolute atomic E-state index is 12.8. The van der Waals surface area contributed by atoms with Crippen molar-refractivity contribution >= 4 is 17.8 Å². The number of aliphatic carboxylic acids is 1. The quantitative estimate of drug-likeness (QED) is 0.192. The molecular formula is C30H30F3NO6. The van der Waals surface area contributed by atoms with Crippen molar-refractivity contribution in [1.29, 1.82) is 0 Å². The Hall–Kier alpha value is -4.34. The van der Waals surface area contributed by atoms with Crippen LogP contribution in [0.4, 0.5) is 13.2 Å². The molecule has 2 N–H and O–H groups in total. The molecule has 0 atom stereocenters. The molecule has 3 aromatic carbocycles. The van der Waals surface area contributed by atoms with Crippen molar-refractivity contribution in [1.82, 2.24) is 5.32 Å². The zero-order valence-electron chi connectivity index (χ0n) is 21.9. The summed E-state index contributed by atoms with van der Waals surface area (Å²) < 4.78 is 46.9. The highest BCUT2D eigenvalue weighted by Gasteiger charge is 2.31. The molecule has 0 fully saturated rings. The lowest BCUT2D eigenvalue weighted by Crippen LogP contribution is -2.25. The Kier molecular flexibility index (Phi) is 10.7. The van der Waals surface area contributed by atoms with Gasteiger partial charge >= 0.3 is 18.3 Å². The van der Waals surface area contributed by atoms with Gasteiger partial charge in [-0.15, -0.1) is 13.2 Å². The average molecular weight is 558 g/mol. The largest absolute Gasteiger partial charge is 0.573 e. The van der Waals surface area contributed by atoms with Gasteiger partial charge in [0.2, 0.25) is 0 Å². The molecule has 0 saturated carbocycles. The Morgan fingerprint density at radius 3 is 2.20 bits per heavy atom. The molecule has 40 heavy (non-hydrogen) atoms. The van der Waals surface area contributed by atoms with E-state index in [1.165, 1.54) is 24.3 Å². The van der Waals surface area contributed by atoms with Crippen molar-refractivity contribution in [2.75, 3.05) is 13.2 Å². The van der Waals surface area contributed by atoms with Gasteiger partial charge in [0.25, 0.3) is 5.91 Å². The zero-order chi connectivity index (χ0) is 29.1. The number of unbranched alkanes of at least 4 members (excludes halogenated alkanes) is 1. The van der Waals surface area contributed by atoms with Crippen LogP contribution < -0.4 is 10.1 Å². The van der Waals surface area contributed by atoms with E-state index in [1.54, 1.807) is 36.4 Å². The molecule has 0 heterocycles. The summed E-state index contributed by atoms with van der Waals surface area (Å²) in [5, 5.41) is 11.3. The average Bonchev–Trinajstić information content (AvgIpc) is 2.91. The van der Waals surface area contributed by atoms with Gasteiger partial charge in [0, 0.05) is 12.1 Å². The highest BCUT2D eigenvalue weighted by atomic mass is 19.4. The van der Waals surface area contributed by atoms with Crippen LogP contribution in [0.15, 0.2) is 66.7 Å². The van der Waals surface area contributed by atoms with Crippen LogP contribution in [-0.2, 0) is 22.4 Å². The lowest BCUT2D eigenvalue weighted by Gasteiger charge is -2.13. The predicted molar refractivity (Wildman–Crippen MR) is 142 cm³/mol. The monoisotopic (exact) mass is 557 g/mol. The van der Waals surface area contributed by atoms with E-state index in [-0.39, 0.29) is 24.6 Å². The van der Waals surface area contributed by atoms with Crippen LogP contribution in [0, 0.1) is 0 Å². The minimum absolute atomic E-state index is 0.0292. The standard InChI is InChI=1S/C30H30F3NO6/c1-2-3-18-39-29(38)26-15-12-23(21-10-13-25(14-11-21)40-30(31,32)33)19-24(26)9-6-20-4-7-22(8-5-20)28(37)34-17-16-27(35)36/h4-5,7-8,10-15,19H,2-3,6,9,16-18H2,1H3,(H,34,37)(H,35,36). The molecular weight excluding hydrogens is 527 g/mol. The number of hydrogen-bond donors (Lipinski definition) is 2. The van der Waals surface area contributed by atoms with Gasteiger partial charge in [-0.25, -0.2) is 4.79 Å². The summed E-state index contributed by atoms with van der Waals surface area (Å²) in [6.45, 7) is 2.32. The van der Waals surface area contributed by atoms with Crippen LogP contribution in [0.2, 0.25) is 0 Å². The van der Waals surface area contributed by atoms with Gasteiger partial charge in [0.05, 0.1) is 18.6 Å². The van der Waals surface area contributed by atoms with Crippen LogP contribution in [0.1, 0.15) is 58.0 Å². The number of carboxylic acid groups (broad SMARTS) is 1. The van der Waals surface area contributed by atoms with Crippen molar-refractivity contribution in [3.8, 4) is 16.9 Å². The van der Waals surface area contributed by atoms with Gasteiger partial charge in [0.1, 0.15) is 5.75 Å². The van der Waals surface area contributed by atoms with E-state index in [2.05, 4.69) is 10.1 Å². The number of carbonyl (C=O) groups excluding carboxylic acids is 2. The molecule has 10 heteroatoms. The fraction of sp³-hybridized carbons (Fsp3) is 0.300. The lowest BCUT2D eigenvalue weighted by molar-refractivity contribution is -0.274. The molecule has 0 aromatic heterocycles. The smallest absolute Gasteiger partial charge is 0.481 e. The van der Waals surface area contributed by atoms with E-state index < -0.39 is 18.3 Å². The summed E-state index contributed by atoms with van der Waals surface area (Å²) >= 11 is 0. The van der Waals surface area contributed by atoms with E-state index in [9.17, 15) is 27.6 Å². The Morgan fingerprint density at radius 2 is 1.57 bits per heavy atom. The molecule has 0 radical (unpaired) electrons. The van der Waals surface area contributed by atoms with Crippen LogP contribution in [-0.4, -0.2) is 42.5 Å². The minimum atomic E-state index is -4.78. The summed E-state index contributed by atoms with van der Waals surface area (Å²) in [6.07, 6.45) is -2.33. The van der Waals surface area contributed by atoms with Crippen molar-refractivity contribution in [2.45, 2.75) is 45.4 Å². The van der Waals surface area contributed by atoms with E-state index >= 15 is 0 Å². The fourth-order valence-electron chi connectivity index (χ4n) is 3.90. The lowest BCUT2D eigenvalue weighted by atomic mass is 9.94. The van der Waals surface area contributed by atoms with E-state index in [4.69, 9.17) is 9.84 Å². The first-order chi connectivity index (χ1) is 19.1. The number of rotatable bonds is 13. The van der Waals surface area contributed by atoms with Gasteiger partial charge in [0.15, 0.2) is 0 Å². The number of halogens is 3. The first-order valence-corrected chi connectivity index (χ1v) is 12.8. The Bertz CT molecular complexity index is 1300. The molecule has 0 aliphatic rings. The van der Waals surface area contributed by atoms with Gasteiger partial charge in [-0.1, -0.05) is 49.7 Å². The van der Waals surface area contributed by atoms with Crippen LogP contribution >= 0.6 is 0 Å². The van der Waals surface area contributed by atoms with E-state index in [0.717, 1.165) is 18.4 Å². The number of alkyl halides is 3. The second kappa shape index (κ2) is 14.2. The van der Waals surface area contributed by atoms with Gasteiger partial charge < -0.3 is 19.9 Å². The number of amides is 1. The highest BCUT2D eigenvalue weighted by molar-refractivity contribution is 5.94. The summed E-state index contributed by atoms with van der Waals surface area (Å²) in [7, 11) is 0. The summed E-state index contributed by atoms with van der Waals surface area (Å²) in [4.78, 5) is 35.6. The number of carboxylic acids is 1. The van der Waals surface area contributed by atoms with Crippen LogP contribution in [0.3, 0.4) is 0 Å². The third kappa shape index (κ3) is 9.44. The van der Waals surface area contributed by atoms with Gasteiger partial charge in [-0.2, -0.15) is 0 Å². The molecule has 0 aliphatic carbocycles. The maximum atomic E-state index is 12.8. The van der Waals surface area contributed by atoms with Crippen molar-refractivity contribution in [3.63, 3.8) is 0 Å². The van der Waals surface area contributed by atoms with Crippen molar-refractivity contribution in [2.24, 2.45) is 0 Å². The molecule has 3 rings (SSSR count). The molecule has 3 aromatic rings. The SMILES string of the molecule is CCCCOC(=O)c1ccc(-c2ccc(OC(F)(F)F)cc2)cc1CCc1ccc(C(=O)NCCC(=O)O)cc1. The first kappa shape index (κ1) is 30.2. The third-order valence-electron chi connectivity index (χ3n) is 6.00. The molecule has 0 spiro atoms. The van der Waals surface area contributed by atoms with E-state index in [0.29, 0.717) is 47.3 Å². The van der Waals surface area contributed by atoms with Gasteiger partial charge in [-0.05, 0) is 71.8 Å². The molecule has 7 nitrogen and oxygen atoms in total. The second-order valence-corrected chi connectivity index (χ2v) is 9.03. The van der Waals surface area contributed by atoms with Crippen LogP contribution in [0.25, 0.3) is 11.1 Å². The fourth-order valence-corrected chi connectivity index (χ4v) is 3.90. The number of nitrogens with one attached hydrogen (secondary N) is 1. The molecule has 0 aliphatic heterocycles. The molecule has 1 amide bonds. The number of hydrogen-bond acceptors (Lipinski definition) is 5. The summed E-state index contributed by atoms with van der Waals surface area (Å²) in [6, 6.07) is 17.5. The topological polar surface area (TPSA) is 102 Å². The summed E-state index contributed by atoms with van der Waals surface area (Å²) in [5.41, 5.74) is 3.80. The van der Waals surface area contributed by atoms with E-state index in [1.807, 2.05) is 13.0 Å². The minimum Gasteiger partial charge on any atom is -0.481 e. The first-order valence-electron chi connectivity index (χ1n) is 12.8. The number of ether oxygens (including phenoxy) is 2. The normalized spacial score (nSPS) is 11.1. The molecule has 212 valence electrons. The van der Waals surface area contributed by atoms with Crippen molar-refractivity contribution in [3.05, 3.63) is 89.0 Å². The third-order valence-corrected chi connectivity index (χ3v) is 6.00. The number of benzene rings is 3. The maximum Gasteiger partial charge on any atom is 0.573 e. The number of esters is 1. The molecule has 0 saturated heterocycles. The Balaban J connectivity index is 1.77. The Morgan fingerprint density at radius 1 is 0.900 bits per heavy atom. The van der Waals surface area contributed by atoms with Crippen LogP contribution in [0.5, 0.6) is 5.75 Å². The number of aryl methyl sites for hydroxylation is 2. The van der Waals surface area contributed by atoms with Gasteiger partial charge in [-0.3, -0.25) is 9.59 Å².